The number of aliphatic carboxylic acids is 1. The van der Waals surface area contributed by atoms with E-state index < -0.39 is 12.0 Å². The van der Waals surface area contributed by atoms with Gasteiger partial charge in [-0.2, -0.15) is 0 Å². The molecule has 0 fully saturated rings. The average molecular weight is 319 g/mol. The highest BCUT2D eigenvalue weighted by molar-refractivity contribution is 5.83. The third kappa shape index (κ3) is 8.38. The number of hydrogen-bond donors (Lipinski definition) is 2. The lowest BCUT2D eigenvalue weighted by Crippen LogP contribution is -2.42. The van der Waals surface area contributed by atoms with Crippen molar-refractivity contribution in [2.75, 3.05) is 0 Å². The normalized spacial score (nSPS) is 13.6. The number of carbonyl (C=O) groups is 2. The van der Waals surface area contributed by atoms with Gasteiger partial charge in [-0.1, -0.05) is 70.4 Å². The van der Waals surface area contributed by atoms with Gasteiger partial charge in [-0.05, 0) is 17.4 Å². The van der Waals surface area contributed by atoms with E-state index in [1.807, 2.05) is 37.3 Å². The van der Waals surface area contributed by atoms with Crippen molar-refractivity contribution in [2.24, 2.45) is 11.8 Å². The van der Waals surface area contributed by atoms with E-state index >= 15 is 0 Å². The monoisotopic (exact) mass is 319 g/mol. The molecule has 23 heavy (non-hydrogen) atoms. The van der Waals surface area contributed by atoms with Crippen molar-refractivity contribution >= 4 is 11.9 Å². The molecule has 2 N–H and O–H groups in total. The predicted molar refractivity (Wildman–Crippen MR) is 92.2 cm³/mol. The van der Waals surface area contributed by atoms with Gasteiger partial charge >= 0.3 is 5.97 Å². The Morgan fingerprint density at radius 2 is 1.74 bits per heavy atom. The van der Waals surface area contributed by atoms with Crippen molar-refractivity contribution < 1.29 is 14.7 Å². The highest BCUT2D eigenvalue weighted by atomic mass is 16.4. The number of carbonyl (C=O) groups excluding carboxylic acids is 1. The quantitative estimate of drug-likeness (QED) is 0.692. The van der Waals surface area contributed by atoms with Gasteiger partial charge in [0.15, 0.2) is 0 Å². The summed E-state index contributed by atoms with van der Waals surface area (Å²) in [5, 5.41) is 12.0. The fourth-order valence-corrected chi connectivity index (χ4v) is 2.60. The Bertz CT molecular complexity index is 485. The molecule has 0 bridgehead atoms. The highest BCUT2D eigenvalue weighted by Crippen LogP contribution is 2.15. The summed E-state index contributed by atoms with van der Waals surface area (Å²) in [6, 6.07) is 8.50. The first kappa shape index (κ1) is 19.2. The van der Waals surface area contributed by atoms with Crippen molar-refractivity contribution in [1.29, 1.82) is 0 Å². The van der Waals surface area contributed by atoms with Crippen LogP contribution in [0.1, 0.15) is 52.0 Å². The van der Waals surface area contributed by atoms with Crippen LogP contribution in [0.3, 0.4) is 0 Å². The molecule has 1 amide bonds. The lowest BCUT2D eigenvalue weighted by molar-refractivity contribution is -0.141. The van der Waals surface area contributed by atoms with Crippen LogP contribution in [0.4, 0.5) is 0 Å². The summed E-state index contributed by atoms with van der Waals surface area (Å²) in [5.41, 5.74) is 0.908. The maximum atomic E-state index is 12.1. The molecular formula is C19H29NO3. The second-order valence-electron chi connectivity index (χ2n) is 6.78. The lowest BCUT2D eigenvalue weighted by atomic mass is 9.96. The van der Waals surface area contributed by atoms with Crippen molar-refractivity contribution in [2.45, 2.75) is 58.9 Å². The van der Waals surface area contributed by atoms with E-state index in [0.29, 0.717) is 18.8 Å². The Morgan fingerprint density at radius 1 is 1.09 bits per heavy atom. The molecule has 0 spiro atoms. The van der Waals surface area contributed by atoms with Crippen LogP contribution < -0.4 is 5.32 Å². The van der Waals surface area contributed by atoms with Crippen LogP contribution in [0, 0.1) is 11.8 Å². The minimum absolute atomic E-state index is 0.176. The van der Waals surface area contributed by atoms with Gasteiger partial charge in [0.1, 0.15) is 6.04 Å². The van der Waals surface area contributed by atoms with Gasteiger partial charge in [0.2, 0.25) is 5.91 Å². The first-order valence-electron chi connectivity index (χ1n) is 8.44. The van der Waals surface area contributed by atoms with E-state index in [4.69, 9.17) is 0 Å². The van der Waals surface area contributed by atoms with E-state index in [9.17, 15) is 14.7 Å². The molecule has 4 nitrogen and oxygen atoms in total. The van der Waals surface area contributed by atoms with E-state index in [0.717, 1.165) is 24.8 Å². The fourth-order valence-electron chi connectivity index (χ4n) is 2.60. The molecule has 0 saturated carbocycles. The number of nitrogens with one attached hydrogen (secondary N) is 1. The maximum Gasteiger partial charge on any atom is 0.326 e. The molecule has 1 aromatic rings. The van der Waals surface area contributed by atoms with Gasteiger partial charge in [0.25, 0.3) is 0 Å². The third-order valence-corrected chi connectivity index (χ3v) is 3.93. The summed E-state index contributed by atoms with van der Waals surface area (Å²) in [4.78, 5) is 23.4. The summed E-state index contributed by atoms with van der Waals surface area (Å²) in [6.45, 7) is 6.43. The maximum absolute atomic E-state index is 12.1. The SMILES string of the molecule is CC(C)CCCC(C)CC(=O)N[C@@H](Cc1ccccc1)C(=O)O. The number of carboxylic acid groups (broad SMARTS) is 1. The van der Waals surface area contributed by atoms with Crippen LogP contribution in [0.15, 0.2) is 30.3 Å². The van der Waals surface area contributed by atoms with Crippen LogP contribution in [-0.4, -0.2) is 23.0 Å². The molecule has 1 unspecified atom stereocenters. The molecule has 128 valence electrons. The highest BCUT2D eigenvalue weighted by Gasteiger charge is 2.21. The summed E-state index contributed by atoms with van der Waals surface area (Å²) < 4.78 is 0. The van der Waals surface area contributed by atoms with Gasteiger partial charge in [-0.25, -0.2) is 4.79 Å². The molecular weight excluding hydrogens is 290 g/mol. The summed E-state index contributed by atoms with van der Waals surface area (Å²) in [5.74, 6) is -0.210. The van der Waals surface area contributed by atoms with Crippen LogP contribution in [0.5, 0.6) is 0 Å². The Morgan fingerprint density at radius 3 is 2.30 bits per heavy atom. The summed E-state index contributed by atoms with van der Waals surface area (Å²) in [7, 11) is 0. The Balaban J connectivity index is 2.43. The second kappa shape index (κ2) is 10.0. The second-order valence-corrected chi connectivity index (χ2v) is 6.78. The van der Waals surface area contributed by atoms with E-state index in [2.05, 4.69) is 19.2 Å². The standard InChI is InChI=1S/C19H29NO3/c1-14(2)8-7-9-15(3)12-18(21)20-17(19(22)23)13-16-10-5-4-6-11-16/h4-6,10-11,14-15,17H,7-9,12-13H2,1-3H3,(H,20,21)(H,22,23)/t15?,17-/m0/s1. The van der Waals surface area contributed by atoms with E-state index in [-0.39, 0.29) is 11.8 Å². The molecule has 0 aliphatic carbocycles. The fraction of sp³-hybridized carbons (Fsp3) is 0.579. The van der Waals surface area contributed by atoms with Crippen molar-refractivity contribution in [3.05, 3.63) is 35.9 Å². The van der Waals surface area contributed by atoms with Crippen molar-refractivity contribution in [3.63, 3.8) is 0 Å². The van der Waals surface area contributed by atoms with E-state index in [1.165, 1.54) is 0 Å². The number of amides is 1. The summed E-state index contributed by atoms with van der Waals surface area (Å²) in [6.07, 6.45) is 3.97. The molecule has 0 aliphatic heterocycles. The zero-order valence-corrected chi connectivity index (χ0v) is 14.4. The molecule has 0 aliphatic rings. The molecule has 0 aromatic heterocycles. The number of benzene rings is 1. The molecule has 1 rings (SSSR count). The van der Waals surface area contributed by atoms with Crippen LogP contribution in [0.25, 0.3) is 0 Å². The zero-order chi connectivity index (χ0) is 17.2. The van der Waals surface area contributed by atoms with Crippen molar-refractivity contribution in [1.82, 2.24) is 5.32 Å². The average Bonchev–Trinajstić information content (AvgIpc) is 2.47. The number of carboxylic acids is 1. The van der Waals surface area contributed by atoms with Gasteiger partial charge in [0, 0.05) is 12.8 Å². The minimum Gasteiger partial charge on any atom is -0.480 e. The largest absolute Gasteiger partial charge is 0.480 e. The van der Waals surface area contributed by atoms with Gasteiger partial charge < -0.3 is 10.4 Å². The number of hydrogen-bond acceptors (Lipinski definition) is 2. The van der Waals surface area contributed by atoms with Gasteiger partial charge in [0.05, 0.1) is 0 Å². The zero-order valence-electron chi connectivity index (χ0n) is 14.4. The molecule has 0 radical (unpaired) electrons. The Labute approximate surface area is 139 Å². The lowest BCUT2D eigenvalue weighted by Gasteiger charge is -2.17. The molecule has 4 heteroatoms. The molecule has 0 heterocycles. The van der Waals surface area contributed by atoms with Crippen molar-refractivity contribution in [3.8, 4) is 0 Å². The minimum atomic E-state index is -0.991. The molecule has 2 atom stereocenters. The summed E-state index contributed by atoms with van der Waals surface area (Å²) >= 11 is 0. The number of rotatable bonds is 10. The molecule has 1 aromatic carbocycles. The predicted octanol–water partition coefficient (Wildman–Crippen LogP) is 3.65. The molecule has 0 saturated heterocycles. The third-order valence-electron chi connectivity index (χ3n) is 3.93. The van der Waals surface area contributed by atoms with Gasteiger partial charge in [-0.3, -0.25) is 4.79 Å². The Kier molecular flexibility index (Phi) is 8.38. The van der Waals surface area contributed by atoms with Crippen LogP contribution in [0.2, 0.25) is 0 Å². The first-order chi connectivity index (χ1) is 10.9. The van der Waals surface area contributed by atoms with Gasteiger partial charge in [-0.15, -0.1) is 0 Å². The van der Waals surface area contributed by atoms with Crippen LogP contribution >= 0.6 is 0 Å². The Hall–Kier alpha value is -1.84. The van der Waals surface area contributed by atoms with Crippen LogP contribution in [-0.2, 0) is 16.0 Å². The smallest absolute Gasteiger partial charge is 0.326 e. The first-order valence-corrected chi connectivity index (χ1v) is 8.44. The van der Waals surface area contributed by atoms with E-state index in [1.54, 1.807) is 0 Å². The topological polar surface area (TPSA) is 66.4 Å².